The summed E-state index contributed by atoms with van der Waals surface area (Å²) in [4.78, 5) is 15.4. The minimum atomic E-state index is -0.119. The van der Waals surface area contributed by atoms with Gasteiger partial charge < -0.3 is 14.2 Å². The van der Waals surface area contributed by atoms with Gasteiger partial charge in [-0.25, -0.2) is 0 Å². The number of fused-ring (bicyclic) bond motifs is 3. The van der Waals surface area contributed by atoms with Gasteiger partial charge in [-0.05, 0) is 55.3 Å². The fraction of sp³-hybridized carbons (Fsp3) is 0.222. The lowest BCUT2D eigenvalue weighted by molar-refractivity contribution is 0.0872. The van der Waals surface area contributed by atoms with Crippen molar-refractivity contribution in [1.82, 2.24) is 4.90 Å². The van der Waals surface area contributed by atoms with Gasteiger partial charge in [0.25, 0.3) is 0 Å². The van der Waals surface area contributed by atoms with Gasteiger partial charge in [-0.3, -0.25) is 9.69 Å². The molecule has 2 aliphatic rings. The van der Waals surface area contributed by atoms with Crippen LogP contribution in [0.3, 0.4) is 0 Å². The number of ether oxygens (including phenoxy) is 3. The maximum Gasteiger partial charge on any atom is 0.232 e. The predicted octanol–water partition coefficient (Wildman–Crippen LogP) is 6.02. The number of hydrogen-bond acceptors (Lipinski definition) is 5. The molecular formula is C27H24ClNO4. The molecule has 0 amide bonds. The second-order valence-electron chi connectivity index (χ2n) is 8.17. The van der Waals surface area contributed by atoms with E-state index in [0.29, 0.717) is 48.5 Å². The topological polar surface area (TPSA) is 48.0 Å². The summed E-state index contributed by atoms with van der Waals surface area (Å²) in [5.74, 6) is 2.25. The van der Waals surface area contributed by atoms with E-state index in [4.69, 9.17) is 25.8 Å². The number of para-hydroxylation sites is 1. The first kappa shape index (κ1) is 21.6. The summed E-state index contributed by atoms with van der Waals surface area (Å²) in [7, 11) is 0. The van der Waals surface area contributed by atoms with E-state index in [1.54, 1.807) is 6.08 Å². The first-order valence-electron chi connectivity index (χ1n) is 11.0. The Kier molecular flexibility index (Phi) is 5.83. The van der Waals surface area contributed by atoms with Crippen molar-refractivity contribution in [2.24, 2.45) is 0 Å². The van der Waals surface area contributed by atoms with Gasteiger partial charge in [0.2, 0.25) is 5.78 Å². The Bertz CT molecular complexity index is 1250. The number of nitrogens with zero attached hydrogens (tertiary/aromatic N) is 1. The summed E-state index contributed by atoms with van der Waals surface area (Å²) in [5, 5.41) is 0.712. The number of hydrogen-bond donors (Lipinski definition) is 0. The summed E-state index contributed by atoms with van der Waals surface area (Å²) in [6.45, 7) is 6.19. The van der Waals surface area contributed by atoms with Crippen molar-refractivity contribution in [3.8, 4) is 17.2 Å². The maximum atomic E-state index is 13.3. The number of carbonyl (C=O) groups is 1. The Morgan fingerprint density at radius 2 is 1.94 bits per heavy atom. The Labute approximate surface area is 198 Å². The monoisotopic (exact) mass is 461 g/mol. The number of rotatable bonds is 5. The first-order chi connectivity index (χ1) is 16.0. The number of allylic oxidation sites excluding steroid dienone is 1. The first-order valence-corrected chi connectivity index (χ1v) is 11.3. The van der Waals surface area contributed by atoms with Crippen LogP contribution in [0.2, 0.25) is 5.02 Å². The number of benzene rings is 3. The fourth-order valence-corrected chi connectivity index (χ4v) is 4.38. The molecule has 0 atom stereocenters. The van der Waals surface area contributed by atoms with Gasteiger partial charge in [-0.15, -0.1) is 0 Å². The third kappa shape index (κ3) is 4.22. The van der Waals surface area contributed by atoms with Crippen molar-refractivity contribution in [1.29, 1.82) is 0 Å². The minimum Gasteiger partial charge on any atom is -0.493 e. The van der Waals surface area contributed by atoms with Crippen LogP contribution in [0.25, 0.3) is 6.08 Å². The third-order valence-corrected chi connectivity index (χ3v) is 6.06. The van der Waals surface area contributed by atoms with Crippen LogP contribution >= 0.6 is 11.6 Å². The summed E-state index contributed by atoms with van der Waals surface area (Å²) in [6, 6.07) is 17.3. The van der Waals surface area contributed by atoms with Crippen LogP contribution in [0.1, 0.15) is 39.5 Å². The van der Waals surface area contributed by atoms with Crippen molar-refractivity contribution in [2.45, 2.75) is 26.9 Å². The smallest absolute Gasteiger partial charge is 0.232 e. The molecule has 5 nitrogen and oxygen atoms in total. The molecule has 2 heterocycles. The SMILES string of the molecule is CCOc1ccccc1/C=C1\Oc2c3c(cc(C)c2C1=O)OCN(Cc1ccc(Cl)cc1)C3. The van der Waals surface area contributed by atoms with Crippen LogP contribution in [0.15, 0.2) is 60.4 Å². The van der Waals surface area contributed by atoms with Crippen LogP contribution in [0.4, 0.5) is 0 Å². The van der Waals surface area contributed by atoms with E-state index in [1.807, 2.05) is 68.4 Å². The molecule has 6 heteroatoms. The zero-order chi connectivity index (χ0) is 22.9. The molecule has 0 aromatic heterocycles. The van der Waals surface area contributed by atoms with Gasteiger partial charge in [0, 0.05) is 23.7 Å². The molecule has 168 valence electrons. The Morgan fingerprint density at radius 3 is 2.73 bits per heavy atom. The second-order valence-corrected chi connectivity index (χ2v) is 8.61. The molecule has 0 fully saturated rings. The normalized spacial score (nSPS) is 16.2. The third-order valence-electron chi connectivity index (χ3n) is 5.81. The number of aryl methyl sites for hydroxylation is 1. The van der Waals surface area contributed by atoms with Gasteiger partial charge >= 0.3 is 0 Å². The summed E-state index contributed by atoms with van der Waals surface area (Å²) in [6.07, 6.45) is 1.76. The molecule has 3 aromatic rings. The van der Waals surface area contributed by atoms with Crippen LogP contribution in [0, 0.1) is 6.92 Å². The van der Waals surface area contributed by atoms with E-state index in [1.165, 1.54) is 0 Å². The Hall–Kier alpha value is -3.28. The van der Waals surface area contributed by atoms with E-state index in [0.717, 1.165) is 33.8 Å². The molecule has 0 saturated heterocycles. The highest BCUT2D eigenvalue weighted by atomic mass is 35.5. The average Bonchev–Trinajstić information content (AvgIpc) is 3.14. The molecule has 2 aliphatic heterocycles. The molecule has 0 spiro atoms. The summed E-state index contributed by atoms with van der Waals surface area (Å²) < 4.78 is 17.9. The molecule has 0 aliphatic carbocycles. The molecule has 5 rings (SSSR count). The largest absolute Gasteiger partial charge is 0.493 e. The second kappa shape index (κ2) is 8.93. The standard InChI is InChI=1S/C27H24ClNO4/c1-3-31-22-7-5-4-6-19(22)13-24-26(30)25-17(2)12-23-21(27(25)33-24)15-29(16-32-23)14-18-8-10-20(28)11-9-18/h4-13H,3,14-16H2,1-2H3/b24-13-. The van der Waals surface area contributed by atoms with Gasteiger partial charge in [-0.1, -0.05) is 41.9 Å². The van der Waals surface area contributed by atoms with E-state index in [9.17, 15) is 4.79 Å². The van der Waals surface area contributed by atoms with E-state index < -0.39 is 0 Å². The number of halogens is 1. The average molecular weight is 462 g/mol. The lowest BCUT2D eigenvalue weighted by atomic mass is 9.98. The van der Waals surface area contributed by atoms with Crippen molar-refractivity contribution >= 4 is 23.5 Å². The van der Waals surface area contributed by atoms with Crippen LogP contribution in [-0.2, 0) is 13.1 Å². The van der Waals surface area contributed by atoms with Crippen LogP contribution in [0.5, 0.6) is 17.2 Å². The molecule has 0 saturated carbocycles. The van der Waals surface area contributed by atoms with E-state index in [2.05, 4.69) is 4.90 Å². The lowest BCUT2D eigenvalue weighted by Crippen LogP contribution is -2.31. The summed E-state index contributed by atoms with van der Waals surface area (Å²) >= 11 is 6.01. The molecule has 0 unspecified atom stereocenters. The van der Waals surface area contributed by atoms with Gasteiger partial charge in [-0.2, -0.15) is 0 Å². The van der Waals surface area contributed by atoms with Gasteiger partial charge in [0.1, 0.15) is 24.0 Å². The van der Waals surface area contributed by atoms with Crippen molar-refractivity contribution < 1.29 is 19.0 Å². The zero-order valence-electron chi connectivity index (χ0n) is 18.6. The maximum absolute atomic E-state index is 13.3. The quantitative estimate of drug-likeness (QED) is 0.435. The molecular weight excluding hydrogens is 438 g/mol. The molecule has 3 aromatic carbocycles. The van der Waals surface area contributed by atoms with Crippen LogP contribution < -0.4 is 14.2 Å². The van der Waals surface area contributed by atoms with Crippen LogP contribution in [-0.4, -0.2) is 24.0 Å². The molecule has 33 heavy (non-hydrogen) atoms. The van der Waals surface area contributed by atoms with Crippen molar-refractivity contribution in [3.05, 3.63) is 93.2 Å². The van der Waals surface area contributed by atoms with E-state index >= 15 is 0 Å². The van der Waals surface area contributed by atoms with E-state index in [-0.39, 0.29) is 5.78 Å². The van der Waals surface area contributed by atoms with Gasteiger partial charge in [0.05, 0.1) is 17.7 Å². The molecule has 0 radical (unpaired) electrons. The highest BCUT2D eigenvalue weighted by molar-refractivity contribution is 6.30. The minimum absolute atomic E-state index is 0.119. The molecule has 0 N–H and O–H groups in total. The highest BCUT2D eigenvalue weighted by Crippen LogP contribution is 2.44. The Morgan fingerprint density at radius 1 is 1.15 bits per heavy atom. The van der Waals surface area contributed by atoms with Crippen molar-refractivity contribution in [3.63, 3.8) is 0 Å². The van der Waals surface area contributed by atoms with Gasteiger partial charge in [0.15, 0.2) is 5.76 Å². The predicted molar refractivity (Wildman–Crippen MR) is 128 cm³/mol. The highest BCUT2D eigenvalue weighted by Gasteiger charge is 2.35. The lowest BCUT2D eigenvalue weighted by Gasteiger charge is -2.30. The van der Waals surface area contributed by atoms with Crippen molar-refractivity contribution in [2.75, 3.05) is 13.3 Å². The fourth-order valence-electron chi connectivity index (χ4n) is 4.25. The molecule has 0 bridgehead atoms. The number of Topliss-reactive ketones (excluding diaryl/α,β-unsaturated/α-hetero) is 1. The number of ketones is 1. The zero-order valence-corrected chi connectivity index (χ0v) is 19.3. The summed E-state index contributed by atoms with van der Waals surface area (Å²) in [5.41, 5.74) is 4.29. The number of carbonyl (C=O) groups excluding carboxylic acids is 1. The Balaban J connectivity index is 1.46.